The van der Waals surface area contributed by atoms with E-state index in [0.717, 1.165) is 8.47 Å². The van der Waals surface area contributed by atoms with Gasteiger partial charge in [0, 0.05) is 33.7 Å². The lowest BCUT2D eigenvalue weighted by Crippen LogP contribution is -2.55. The van der Waals surface area contributed by atoms with E-state index in [-0.39, 0.29) is 17.3 Å². The number of amides is 2. The molecule has 10 N–H and O–H groups in total. The molecule has 0 fully saturated rings. The van der Waals surface area contributed by atoms with E-state index in [1.807, 2.05) is 0 Å². The average molecular weight is 663 g/mol. The molecule has 0 aromatic rings. The fourth-order valence-electron chi connectivity index (χ4n) is 1.85. The minimum atomic E-state index is -5.17. The standard InChI is InChI=1S/C14H20N4O2S6.C2H6OS.H2O4S.H2O/c1-21-11-12(22-2)26-14(25-11)13-23-7(9(19)17-5-3-15)8(24-13)10(20)18-6-4-16;1-4(2)3;1-5(2,3)4;/h3-6,15-16H2,1-2H3,(H,17,19)(H,18,20);1-2H3;(H2,1,2,3,4);1H2. The molecule has 2 heterocycles. The third kappa shape index (κ3) is 16.2. The number of hydrogen-bond donors (Lipinski definition) is 4. The van der Waals surface area contributed by atoms with Gasteiger partial charge in [-0.15, -0.1) is 23.5 Å². The van der Waals surface area contributed by atoms with Gasteiger partial charge in [-0.3, -0.25) is 22.2 Å². The van der Waals surface area contributed by atoms with Crippen LogP contribution in [0.25, 0.3) is 0 Å². The topological polar surface area (TPSA) is 242 Å². The van der Waals surface area contributed by atoms with Gasteiger partial charge in [0.2, 0.25) is 0 Å². The Kier molecular flexibility index (Phi) is 21.4. The number of nitrogens with one attached hydrogen (secondary N) is 2. The van der Waals surface area contributed by atoms with E-state index in [1.54, 1.807) is 59.6 Å². The van der Waals surface area contributed by atoms with Gasteiger partial charge in [-0.05, 0) is 12.5 Å². The summed E-state index contributed by atoms with van der Waals surface area (Å²) in [7, 11) is -5.78. The van der Waals surface area contributed by atoms with Crippen LogP contribution in [0.5, 0.6) is 0 Å². The molecule has 0 spiro atoms. The largest absolute Gasteiger partial charge is 0.759 e. The summed E-state index contributed by atoms with van der Waals surface area (Å²) in [5, 5.41) is 5.65. The Labute approximate surface area is 238 Å². The third-order valence-corrected chi connectivity index (χ3v) is 11.3. The molecule has 20 heteroatoms. The van der Waals surface area contributed by atoms with Crippen LogP contribution in [0.4, 0.5) is 0 Å². The molecule has 2 aliphatic heterocycles. The fourth-order valence-corrected chi connectivity index (χ4v) is 9.66. The Morgan fingerprint density at radius 1 is 0.861 bits per heavy atom. The Balaban J connectivity index is 0. The molecule has 2 amide bonds. The van der Waals surface area contributed by atoms with Crippen molar-refractivity contribution in [3.63, 3.8) is 0 Å². The van der Waals surface area contributed by atoms with Crippen LogP contribution < -0.4 is 22.1 Å². The lowest BCUT2D eigenvalue weighted by molar-refractivity contribution is -0.365. The molecule has 2 rings (SSSR count). The highest BCUT2D eigenvalue weighted by atomic mass is 32.3. The number of hydrogen-bond acceptors (Lipinski definition) is 13. The number of carbonyl (C=O) groups is 2. The molecule has 0 aromatic heterocycles. The van der Waals surface area contributed by atoms with Gasteiger partial charge in [-0.25, -0.2) is 0 Å². The van der Waals surface area contributed by atoms with Crippen molar-refractivity contribution < 1.29 is 48.3 Å². The molecule has 0 saturated heterocycles. The maximum absolute atomic E-state index is 12.5. The smallest absolute Gasteiger partial charge is 0.259 e. The van der Waals surface area contributed by atoms with Gasteiger partial charge in [0.05, 0.1) is 52.9 Å². The van der Waals surface area contributed by atoms with E-state index >= 15 is 0 Å². The lowest BCUT2D eigenvalue weighted by Gasteiger charge is -2.06. The molecule has 0 radical (unpaired) electrons. The summed E-state index contributed by atoms with van der Waals surface area (Å²) in [6, 6.07) is 0. The summed E-state index contributed by atoms with van der Waals surface area (Å²) in [5.41, 5.74) is 7.47. The summed E-state index contributed by atoms with van der Waals surface area (Å²) >= 11 is 9.66. The molecular formula is C16H30N4O8S8. The van der Waals surface area contributed by atoms with Gasteiger partial charge < -0.3 is 36.7 Å². The van der Waals surface area contributed by atoms with Gasteiger partial charge in [0.25, 0.3) is 11.8 Å². The number of quaternary nitrogens is 2. The van der Waals surface area contributed by atoms with Crippen LogP contribution in [-0.2, 0) is 30.8 Å². The van der Waals surface area contributed by atoms with Crippen LogP contribution in [0.3, 0.4) is 0 Å². The van der Waals surface area contributed by atoms with E-state index < -0.39 is 21.2 Å². The lowest BCUT2D eigenvalue weighted by atomic mass is 10.4. The van der Waals surface area contributed by atoms with Crippen molar-refractivity contribution >= 4 is 104 Å². The molecule has 0 bridgehead atoms. The predicted octanol–water partition coefficient (Wildman–Crippen LogP) is -1.31. The Morgan fingerprint density at radius 3 is 1.39 bits per heavy atom. The summed E-state index contributed by atoms with van der Waals surface area (Å²) in [4.78, 5) is 26.0. The maximum Gasteiger partial charge on any atom is 0.259 e. The Morgan fingerprint density at radius 2 is 1.14 bits per heavy atom. The van der Waals surface area contributed by atoms with Gasteiger partial charge in [-0.2, -0.15) is 0 Å². The second kappa shape index (κ2) is 20.1. The molecular weight excluding hydrogens is 633 g/mol. The first-order valence-electron chi connectivity index (χ1n) is 9.37. The molecule has 12 nitrogen and oxygen atoms in total. The molecule has 2 aliphatic rings. The first-order valence-corrected chi connectivity index (χ1v) is 18.4. The fraction of sp³-hybridized carbons (Fsp3) is 0.500. The van der Waals surface area contributed by atoms with Gasteiger partial charge in [0.15, 0.2) is 0 Å². The van der Waals surface area contributed by atoms with E-state index in [0.29, 0.717) is 36.0 Å². The van der Waals surface area contributed by atoms with Crippen LogP contribution in [0, 0.1) is 0 Å². The number of rotatable bonds is 8. The van der Waals surface area contributed by atoms with E-state index in [2.05, 4.69) is 34.6 Å². The number of thioether (sulfide) groups is 6. The van der Waals surface area contributed by atoms with Gasteiger partial charge in [-0.1, -0.05) is 47.0 Å². The molecule has 0 saturated carbocycles. The first kappa shape index (κ1) is 38.3. The van der Waals surface area contributed by atoms with Crippen molar-refractivity contribution in [1.29, 1.82) is 0 Å². The predicted molar refractivity (Wildman–Crippen MR) is 154 cm³/mol. The van der Waals surface area contributed by atoms with E-state index in [4.69, 9.17) is 17.5 Å². The minimum absolute atomic E-state index is 0. The van der Waals surface area contributed by atoms with E-state index in [1.165, 1.54) is 32.0 Å². The Bertz CT molecular complexity index is 921. The van der Waals surface area contributed by atoms with Crippen LogP contribution in [0.2, 0.25) is 0 Å². The highest BCUT2D eigenvalue weighted by Crippen LogP contribution is 2.63. The zero-order valence-electron chi connectivity index (χ0n) is 19.9. The summed E-state index contributed by atoms with van der Waals surface area (Å²) in [6.07, 6.45) is 7.41. The van der Waals surface area contributed by atoms with Crippen molar-refractivity contribution in [2.75, 3.05) is 51.2 Å². The van der Waals surface area contributed by atoms with Gasteiger partial charge >= 0.3 is 0 Å². The van der Waals surface area contributed by atoms with Crippen LogP contribution >= 0.6 is 70.6 Å². The molecule has 0 aromatic carbocycles. The summed E-state index contributed by atoms with van der Waals surface area (Å²) in [5.74, 6) is -0.421. The highest BCUT2D eigenvalue weighted by molar-refractivity contribution is 8.42. The normalized spacial score (nSPS) is 15.1. The second-order valence-corrected chi connectivity index (χ2v) is 15.0. The van der Waals surface area contributed by atoms with Crippen molar-refractivity contribution in [2.24, 2.45) is 0 Å². The van der Waals surface area contributed by atoms with Crippen LogP contribution in [0.15, 0.2) is 26.8 Å². The first-order chi connectivity index (χ1) is 16.3. The molecule has 0 atom stereocenters. The van der Waals surface area contributed by atoms with Crippen molar-refractivity contribution in [3.8, 4) is 0 Å². The number of carbonyl (C=O) groups excluding carboxylic acids is 2. The monoisotopic (exact) mass is 662 g/mol. The molecule has 210 valence electrons. The van der Waals surface area contributed by atoms with Crippen molar-refractivity contribution in [2.45, 2.75) is 0 Å². The van der Waals surface area contributed by atoms with E-state index in [9.17, 15) is 13.8 Å². The zero-order valence-corrected chi connectivity index (χ0v) is 26.4. The SMILES string of the molecule is CS(C)=O.CSC1=C(SC)SC(=C2SC(C(=O)NCC[NH3+])=C(C(=O)NCC[NH3+])S2)S1.O.O=S(=O)([O-])[O-]. The Hall–Kier alpha value is 0.160. The summed E-state index contributed by atoms with van der Waals surface area (Å²) < 4.78 is 48.3. The zero-order chi connectivity index (χ0) is 27.2. The molecule has 0 unspecified atom stereocenters. The third-order valence-electron chi connectivity index (χ3n) is 3.01. The molecule has 0 aliphatic carbocycles. The van der Waals surface area contributed by atoms with Gasteiger partial charge in [0.1, 0.15) is 0 Å². The molecule has 36 heavy (non-hydrogen) atoms. The van der Waals surface area contributed by atoms with Crippen molar-refractivity contribution in [1.82, 2.24) is 10.6 Å². The average Bonchev–Trinajstić information content (AvgIpc) is 3.38. The maximum atomic E-state index is 12.5. The highest BCUT2D eigenvalue weighted by Gasteiger charge is 2.34. The van der Waals surface area contributed by atoms with Crippen molar-refractivity contribution in [3.05, 3.63) is 26.8 Å². The van der Waals surface area contributed by atoms with Crippen LogP contribution in [-0.4, -0.2) is 90.2 Å². The summed E-state index contributed by atoms with van der Waals surface area (Å²) in [6.45, 7) is 2.20. The second-order valence-electron chi connectivity index (χ2n) is 5.99. The van der Waals surface area contributed by atoms with Crippen LogP contribution in [0.1, 0.15) is 0 Å². The quantitative estimate of drug-likeness (QED) is 0.174. The minimum Gasteiger partial charge on any atom is -0.759 e.